The minimum absolute atomic E-state index is 0.194. The third-order valence-electron chi connectivity index (χ3n) is 4.33. The van der Waals surface area contributed by atoms with Crippen molar-refractivity contribution < 1.29 is 14.3 Å². The van der Waals surface area contributed by atoms with Crippen LogP contribution in [0.1, 0.15) is 21.6 Å². The molecule has 6 nitrogen and oxygen atoms in total. The predicted octanol–water partition coefficient (Wildman–Crippen LogP) is 3.82. The fourth-order valence-corrected chi connectivity index (χ4v) is 2.65. The second-order valence-electron chi connectivity index (χ2n) is 6.55. The Morgan fingerprint density at radius 3 is 2.34 bits per heavy atom. The number of methoxy groups -OCH3 is 1. The molecule has 0 aliphatic carbocycles. The molecule has 150 valence electrons. The van der Waals surface area contributed by atoms with Crippen LogP contribution in [-0.2, 0) is 6.54 Å². The van der Waals surface area contributed by atoms with E-state index >= 15 is 0 Å². The third kappa shape index (κ3) is 6.24. The minimum Gasteiger partial charge on any atom is -0.497 e. The molecule has 0 unspecified atom stereocenters. The van der Waals surface area contributed by atoms with Gasteiger partial charge in [-0.05, 0) is 48.9 Å². The summed E-state index contributed by atoms with van der Waals surface area (Å²) in [7, 11) is 1.63. The summed E-state index contributed by atoms with van der Waals surface area (Å²) in [4.78, 5) is 16.5. The highest BCUT2D eigenvalue weighted by atomic mass is 16.5. The second-order valence-corrected chi connectivity index (χ2v) is 6.55. The number of pyridine rings is 1. The molecule has 0 fully saturated rings. The highest BCUT2D eigenvalue weighted by molar-refractivity contribution is 5.92. The number of hydrogen-bond acceptors (Lipinski definition) is 5. The largest absolute Gasteiger partial charge is 0.497 e. The molecule has 0 radical (unpaired) electrons. The number of carbonyl (C=O) groups is 1. The Balaban J connectivity index is 1.40. The number of amides is 1. The van der Waals surface area contributed by atoms with Crippen LogP contribution in [0.25, 0.3) is 0 Å². The van der Waals surface area contributed by atoms with Crippen molar-refractivity contribution in [2.75, 3.05) is 25.6 Å². The monoisotopic (exact) mass is 391 g/mol. The molecule has 2 N–H and O–H groups in total. The Morgan fingerprint density at radius 2 is 1.69 bits per heavy atom. The van der Waals surface area contributed by atoms with E-state index in [4.69, 9.17) is 9.47 Å². The summed E-state index contributed by atoms with van der Waals surface area (Å²) in [5, 5.41) is 6.10. The Hall–Kier alpha value is -3.54. The predicted molar refractivity (Wildman–Crippen MR) is 114 cm³/mol. The van der Waals surface area contributed by atoms with Crippen molar-refractivity contribution in [3.63, 3.8) is 0 Å². The molecule has 6 heteroatoms. The Kier molecular flexibility index (Phi) is 7.05. The molecule has 29 heavy (non-hydrogen) atoms. The van der Waals surface area contributed by atoms with E-state index in [2.05, 4.69) is 15.6 Å². The molecule has 2 aromatic carbocycles. The number of ether oxygens (including phenoxy) is 2. The van der Waals surface area contributed by atoms with Crippen molar-refractivity contribution in [2.24, 2.45) is 0 Å². The van der Waals surface area contributed by atoms with E-state index < -0.39 is 0 Å². The van der Waals surface area contributed by atoms with Crippen molar-refractivity contribution in [2.45, 2.75) is 13.5 Å². The van der Waals surface area contributed by atoms with Crippen molar-refractivity contribution in [3.8, 4) is 11.5 Å². The molecule has 3 aromatic rings. The van der Waals surface area contributed by atoms with Crippen LogP contribution in [-0.4, -0.2) is 31.2 Å². The molecule has 0 spiro atoms. The second kappa shape index (κ2) is 10.1. The molecule has 1 amide bonds. The minimum atomic E-state index is -0.194. The van der Waals surface area contributed by atoms with Gasteiger partial charge in [0.05, 0.1) is 19.0 Å². The van der Waals surface area contributed by atoms with Gasteiger partial charge >= 0.3 is 0 Å². The van der Waals surface area contributed by atoms with Crippen LogP contribution in [0.4, 0.5) is 5.69 Å². The average Bonchev–Trinajstić information content (AvgIpc) is 2.77. The van der Waals surface area contributed by atoms with E-state index in [0.29, 0.717) is 25.4 Å². The summed E-state index contributed by atoms with van der Waals surface area (Å²) in [6.07, 6.45) is 1.65. The van der Waals surface area contributed by atoms with E-state index in [1.807, 2.05) is 61.5 Å². The Morgan fingerprint density at radius 1 is 0.966 bits per heavy atom. The van der Waals surface area contributed by atoms with Crippen LogP contribution in [0, 0.1) is 6.92 Å². The summed E-state index contributed by atoms with van der Waals surface area (Å²) in [5.41, 5.74) is 3.47. The van der Waals surface area contributed by atoms with Crippen molar-refractivity contribution >= 4 is 11.6 Å². The number of nitrogens with zero attached hydrogens (tertiary/aromatic N) is 1. The van der Waals surface area contributed by atoms with E-state index in [-0.39, 0.29) is 5.91 Å². The Bertz CT molecular complexity index is 908. The first-order chi connectivity index (χ1) is 14.1. The summed E-state index contributed by atoms with van der Waals surface area (Å²) in [5.74, 6) is 1.39. The van der Waals surface area contributed by atoms with Crippen LogP contribution in [0.15, 0.2) is 66.9 Å². The lowest BCUT2D eigenvalue weighted by Crippen LogP contribution is -2.23. The molecule has 0 saturated carbocycles. The van der Waals surface area contributed by atoms with Crippen molar-refractivity contribution in [3.05, 3.63) is 83.7 Å². The number of aromatic nitrogens is 1. The van der Waals surface area contributed by atoms with Crippen molar-refractivity contribution in [1.82, 2.24) is 10.3 Å². The standard InChI is InChI=1S/C23H25N3O3/c1-17-3-5-18(6-4-17)15-26-23(27)22-12-7-19(16-25-22)24-13-14-29-21-10-8-20(28-2)9-11-21/h3-12,16,24H,13-15H2,1-2H3,(H,26,27). The first-order valence-electron chi connectivity index (χ1n) is 9.44. The van der Waals surface area contributed by atoms with Gasteiger partial charge in [0.25, 0.3) is 5.91 Å². The van der Waals surface area contributed by atoms with Gasteiger partial charge in [0.2, 0.25) is 0 Å². The topological polar surface area (TPSA) is 72.5 Å². The van der Waals surface area contributed by atoms with E-state index in [9.17, 15) is 4.79 Å². The number of nitrogens with one attached hydrogen (secondary N) is 2. The number of carbonyl (C=O) groups excluding carboxylic acids is 1. The molecular weight excluding hydrogens is 366 g/mol. The van der Waals surface area contributed by atoms with Gasteiger partial charge in [-0.25, -0.2) is 4.98 Å². The van der Waals surface area contributed by atoms with Crippen LogP contribution in [0.5, 0.6) is 11.5 Å². The van der Waals surface area contributed by atoms with Crippen LogP contribution >= 0.6 is 0 Å². The molecule has 0 atom stereocenters. The Labute approximate surface area is 170 Å². The first kappa shape index (κ1) is 20.2. The number of rotatable bonds is 9. The number of benzene rings is 2. The molecule has 1 aromatic heterocycles. The normalized spacial score (nSPS) is 10.3. The highest BCUT2D eigenvalue weighted by Crippen LogP contribution is 2.16. The van der Waals surface area contributed by atoms with Gasteiger partial charge in [0.1, 0.15) is 23.8 Å². The van der Waals surface area contributed by atoms with E-state index in [0.717, 1.165) is 22.7 Å². The third-order valence-corrected chi connectivity index (χ3v) is 4.33. The van der Waals surface area contributed by atoms with Gasteiger partial charge < -0.3 is 20.1 Å². The fraction of sp³-hybridized carbons (Fsp3) is 0.217. The molecule has 3 rings (SSSR count). The maximum Gasteiger partial charge on any atom is 0.270 e. The van der Waals surface area contributed by atoms with Crippen LogP contribution in [0.3, 0.4) is 0 Å². The van der Waals surface area contributed by atoms with Gasteiger partial charge in [0.15, 0.2) is 0 Å². The summed E-state index contributed by atoms with van der Waals surface area (Å²) < 4.78 is 10.8. The average molecular weight is 391 g/mol. The molecule has 0 saturated heterocycles. The number of anilines is 1. The van der Waals surface area contributed by atoms with Gasteiger partial charge in [-0.1, -0.05) is 29.8 Å². The van der Waals surface area contributed by atoms with Crippen molar-refractivity contribution in [1.29, 1.82) is 0 Å². The lowest BCUT2D eigenvalue weighted by molar-refractivity contribution is 0.0946. The van der Waals surface area contributed by atoms with Gasteiger partial charge in [0, 0.05) is 13.1 Å². The molecular formula is C23H25N3O3. The lowest BCUT2D eigenvalue weighted by atomic mass is 10.1. The zero-order chi connectivity index (χ0) is 20.5. The quantitative estimate of drug-likeness (QED) is 0.543. The number of aryl methyl sites for hydroxylation is 1. The van der Waals surface area contributed by atoms with Gasteiger partial charge in [-0.2, -0.15) is 0 Å². The summed E-state index contributed by atoms with van der Waals surface area (Å²) in [6.45, 7) is 3.63. The lowest BCUT2D eigenvalue weighted by Gasteiger charge is -2.10. The zero-order valence-corrected chi connectivity index (χ0v) is 16.6. The first-order valence-corrected chi connectivity index (χ1v) is 9.44. The fourth-order valence-electron chi connectivity index (χ4n) is 2.65. The molecule has 0 aliphatic heterocycles. The van der Waals surface area contributed by atoms with Gasteiger partial charge in [-0.15, -0.1) is 0 Å². The maximum absolute atomic E-state index is 12.2. The molecule has 1 heterocycles. The summed E-state index contributed by atoms with van der Waals surface area (Å²) >= 11 is 0. The van der Waals surface area contributed by atoms with Gasteiger partial charge in [-0.3, -0.25) is 4.79 Å². The molecule has 0 aliphatic rings. The zero-order valence-electron chi connectivity index (χ0n) is 16.6. The van der Waals surface area contributed by atoms with Crippen LogP contribution in [0.2, 0.25) is 0 Å². The van der Waals surface area contributed by atoms with E-state index in [1.54, 1.807) is 19.4 Å². The molecule has 0 bridgehead atoms. The SMILES string of the molecule is COc1ccc(OCCNc2ccc(C(=O)NCc3ccc(C)cc3)nc2)cc1. The van der Waals surface area contributed by atoms with E-state index in [1.165, 1.54) is 5.56 Å². The maximum atomic E-state index is 12.2. The number of hydrogen-bond donors (Lipinski definition) is 2. The summed E-state index contributed by atoms with van der Waals surface area (Å²) in [6, 6.07) is 19.0. The highest BCUT2D eigenvalue weighted by Gasteiger charge is 2.07. The van der Waals surface area contributed by atoms with Crippen LogP contribution < -0.4 is 20.1 Å². The smallest absolute Gasteiger partial charge is 0.270 e.